The Bertz CT molecular complexity index is 358. The molecule has 0 radical (unpaired) electrons. The second-order valence-electron chi connectivity index (χ2n) is 5.08. The van der Waals surface area contributed by atoms with Gasteiger partial charge in [0, 0.05) is 11.5 Å². The van der Waals surface area contributed by atoms with Gasteiger partial charge >= 0.3 is 11.9 Å². The van der Waals surface area contributed by atoms with Gasteiger partial charge in [0.2, 0.25) is 6.10 Å². The Morgan fingerprint density at radius 2 is 2.18 bits per heavy atom. The molecule has 2 aliphatic rings. The summed E-state index contributed by atoms with van der Waals surface area (Å²) in [7, 11) is 0. The number of hydrogen-bond donors (Lipinski definition) is 0. The minimum Gasteiger partial charge on any atom is -0.459 e. The molecule has 0 aromatic carbocycles. The SMILES string of the molecule is C=C(C(=O)OC1C(=O)OC2CCCC21)C(C)C. The van der Waals surface area contributed by atoms with Crippen LogP contribution in [-0.4, -0.2) is 24.1 Å². The smallest absolute Gasteiger partial charge is 0.348 e. The normalized spacial score (nSPS) is 31.2. The largest absolute Gasteiger partial charge is 0.459 e. The van der Waals surface area contributed by atoms with Crippen LogP contribution in [0.15, 0.2) is 12.2 Å². The fourth-order valence-corrected chi connectivity index (χ4v) is 2.40. The third kappa shape index (κ3) is 2.21. The van der Waals surface area contributed by atoms with Crippen molar-refractivity contribution in [2.45, 2.75) is 45.3 Å². The van der Waals surface area contributed by atoms with Gasteiger partial charge in [0.25, 0.3) is 0 Å². The highest BCUT2D eigenvalue weighted by molar-refractivity contribution is 5.91. The molecule has 3 atom stereocenters. The average Bonchev–Trinajstić information content (AvgIpc) is 2.81. The first-order chi connectivity index (χ1) is 8.00. The van der Waals surface area contributed by atoms with Crippen LogP contribution in [0.25, 0.3) is 0 Å². The Labute approximate surface area is 101 Å². The van der Waals surface area contributed by atoms with Crippen LogP contribution in [0, 0.1) is 11.8 Å². The third-order valence-corrected chi connectivity index (χ3v) is 3.59. The van der Waals surface area contributed by atoms with Crippen molar-refractivity contribution in [1.82, 2.24) is 0 Å². The predicted octanol–water partition coefficient (Wildman–Crippen LogP) is 1.84. The van der Waals surface area contributed by atoms with Crippen molar-refractivity contribution in [2.75, 3.05) is 0 Å². The highest BCUT2D eigenvalue weighted by atomic mass is 16.6. The summed E-state index contributed by atoms with van der Waals surface area (Å²) >= 11 is 0. The molecule has 0 aromatic rings. The summed E-state index contributed by atoms with van der Waals surface area (Å²) < 4.78 is 10.4. The number of carbonyl (C=O) groups excluding carboxylic acids is 2. The van der Waals surface area contributed by atoms with Crippen LogP contribution in [-0.2, 0) is 19.1 Å². The maximum absolute atomic E-state index is 11.7. The van der Waals surface area contributed by atoms with Crippen molar-refractivity contribution >= 4 is 11.9 Å². The molecule has 1 aliphatic heterocycles. The number of esters is 2. The average molecular weight is 238 g/mol. The molecular formula is C13H18O4. The lowest BCUT2D eigenvalue weighted by molar-refractivity contribution is -0.160. The van der Waals surface area contributed by atoms with Crippen LogP contribution in [0.2, 0.25) is 0 Å². The van der Waals surface area contributed by atoms with Crippen molar-refractivity contribution in [1.29, 1.82) is 0 Å². The van der Waals surface area contributed by atoms with Gasteiger partial charge in [-0.25, -0.2) is 9.59 Å². The molecule has 0 bridgehead atoms. The van der Waals surface area contributed by atoms with E-state index in [1.165, 1.54) is 0 Å². The van der Waals surface area contributed by atoms with Gasteiger partial charge in [0.15, 0.2) is 0 Å². The van der Waals surface area contributed by atoms with Crippen LogP contribution in [0.4, 0.5) is 0 Å². The zero-order chi connectivity index (χ0) is 12.6. The van der Waals surface area contributed by atoms with Gasteiger partial charge in [-0.15, -0.1) is 0 Å². The summed E-state index contributed by atoms with van der Waals surface area (Å²) in [5.74, 6) is -0.801. The summed E-state index contributed by atoms with van der Waals surface area (Å²) in [6, 6.07) is 0. The molecule has 1 aliphatic carbocycles. The van der Waals surface area contributed by atoms with Gasteiger partial charge in [-0.1, -0.05) is 20.4 Å². The van der Waals surface area contributed by atoms with E-state index in [4.69, 9.17) is 9.47 Å². The molecule has 2 fully saturated rings. The fraction of sp³-hybridized carbons (Fsp3) is 0.692. The fourth-order valence-electron chi connectivity index (χ4n) is 2.40. The topological polar surface area (TPSA) is 52.6 Å². The molecule has 0 amide bonds. The first kappa shape index (κ1) is 12.1. The highest BCUT2D eigenvalue weighted by Crippen LogP contribution is 2.38. The lowest BCUT2D eigenvalue weighted by Crippen LogP contribution is -2.30. The van der Waals surface area contributed by atoms with Crippen molar-refractivity contribution < 1.29 is 19.1 Å². The number of hydrogen-bond acceptors (Lipinski definition) is 4. The van der Waals surface area contributed by atoms with Gasteiger partial charge in [0.05, 0.1) is 0 Å². The van der Waals surface area contributed by atoms with Crippen molar-refractivity contribution in [2.24, 2.45) is 11.8 Å². The van der Waals surface area contributed by atoms with Crippen molar-refractivity contribution in [3.63, 3.8) is 0 Å². The van der Waals surface area contributed by atoms with E-state index < -0.39 is 18.0 Å². The molecule has 1 heterocycles. The molecule has 94 valence electrons. The Kier molecular flexibility index (Phi) is 3.22. The van der Waals surface area contributed by atoms with Gasteiger partial charge in [-0.05, 0) is 25.2 Å². The maximum atomic E-state index is 11.7. The van der Waals surface area contributed by atoms with E-state index in [1.807, 2.05) is 13.8 Å². The minimum atomic E-state index is -0.717. The molecule has 4 nitrogen and oxygen atoms in total. The van der Waals surface area contributed by atoms with E-state index in [1.54, 1.807) is 0 Å². The molecule has 17 heavy (non-hydrogen) atoms. The first-order valence-corrected chi connectivity index (χ1v) is 6.11. The summed E-state index contributed by atoms with van der Waals surface area (Å²) in [4.78, 5) is 23.3. The second-order valence-corrected chi connectivity index (χ2v) is 5.08. The lowest BCUT2D eigenvalue weighted by atomic mass is 10.0. The molecule has 0 N–H and O–H groups in total. The molecule has 0 spiro atoms. The zero-order valence-electron chi connectivity index (χ0n) is 10.3. The molecule has 1 saturated carbocycles. The monoisotopic (exact) mass is 238 g/mol. The molecule has 3 unspecified atom stereocenters. The van der Waals surface area contributed by atoms with Crippen molar-refractivity contribution in [3.05, 3.63) is 12.2 Å². The van der Waals surface area contributed by atoms with E-state index in [2.05, 4.69) is 6.58 Å². The number of rotatable bonds is 3. The predicted molar refractivity (Wildman–Crippen MR) is 61.1 cm³/mol. The number of carbonyl (C=O) groups is 2. The quantitative estimate of drug-likeness (QED) is 0.556. The van der Waals surface area contributed by atoms with Crippen molar-refractivity contribution in [3.8, 4) is 0 Å². The first-order valence-electron chi connectivity index (χ1n) is 6.11. The molecule has 4 heteroatoms. The number of ether oxygens (including phenoxy) is 2. The molecule has 0 aromatic heterocycles. The van der Waals surface area contributed by atoms with E-state index >= 15 is 0 Å². The van der Waals surface area contributed by atoms with E-state index in [-0.39, 0.29) is 17.9 Å². The number of fused-ring (bicyclic) bond motifs is 1. The minimum absolute atomic E-state index is 0.0271. The third-order valence-electron chi connectivity index (χ3n) is 3.59. The lowest BCUT2D eigenvalue weighted by Gasteiger charge is -2.16. The second kappa shape index (κ2) is 4.51. The van der Waals surface area contributed by atoms with Crippen LogP contribution in [0.3, 0.4) is 0 Å². The van der Waals surface area contributed by atoms with Gasteiger partial charge in [-0.2, -0.15) is 0 Å². The molecule has 2 rings (SSSR count). The van der Waals surface area contributed by atoms with Crippen LogP contribution >= 0.6 is 0 Å². The van der Waals surface area contributed by atoms with Crippen LogP contribution in [0.5, 0.6) is 0 Å². The van der Waals surface area contributed by atoms with E-state index in [0.717, 1.165) is 19.3 Å². The molecular weight excluding hydrogens is 220 g/mol. The van der Waals surface area contributed by atoms with Gasteiger partial charge in [-0.3, -0.25) is 0 Å². The summed E-state index contributed by atoms with van der Waals surface area (Å²) in [6.07, 6.45) is 2.04. The maximum Gasteiger partial charge on any atom is 0.348 e. The Balaban J connectivity index is 2.01. The van der Waals surface area contributed by atoms with E-state index in [0.29, 0.717) is 5.57 Å². The van der Waals surface area contributed by atoms with Crippen LogP contribution < -0.4 is 0 Å². The van der Waals surface area contributed by atoms with Gasteiger partial charge < -0.3 is 9.47 Å². The Morgan fingerprint density at radius 3 is 2.82 bits per heavy atom. The van der Waals surface area contributed by atoms with E-state index in [9.17, 15) is 9.59 Å². The summed E-state index contributed by atoms with van der Waals surface area (Å²) in [5, 5.41) is 0. The molecule has 1 saturated heterocycles. The van der Waals surface area contributed by atoms with Gasteiger partial charge in [0.1, 0.15) is 6.10 Å². The standard InChI is InChI=1S/C13H18O4/c1-7(2)8(3)12(14)17-11-9-5-4-6-10(9)16-13(11)15/h7,9-11H,3-6H2,1-2H3. The highest BCUT2D eigenvalue weighted by Gasteiger charge is 2.49. The Hall–Kier alpha value is -1.32. The Morgan fingerprint density at radius 1 is 1.47 bits per heavy atom. The summed E-state index contributed by atoms with van der Waals surface area (Å²) in [6.45, 7) is 7.42. The summed E-state index contributed by atoms with van der Waals surface area (Å²) in [5.41, 5.74) is 0.402. The van der Waals surface area contributed by atoms with Crippen LogP contribution in [0.1, 0.15) is 33.1 Å². The zero-order valence-corrected chi connectivity index (χ0v) is 10.3.